The second-order valence-electron chi connectivity index (χ2n) is 7.17. The molecule has 0 saturated carbocycles. The summed E-state index contributed by atoms with van der Waals surface area (Å²) in [6.07, 6.45) is 0. The predicted octanol–water partition coefficient (Wildman–Crippen LogP) is 1.79. The van der Waals surface area contributed by atoms with Crippen molar-refractivity contribution in [3.05, 3.63) is 66.2 Å². The number of hydrogen-bond acceptors (Lipinski definition) is 7. The van der Waals surface area contributed by atoms with Crippen LogP contribution in [0.15, 0.2) is 65.6 Å². The lowest BCUT2D eigenvalue weighted by Crippen LogP contribution is -2.74. The highest BCUT2D eigenvalue weighted by molar-refractivity contribution is 8.02. The molecule has 162 valence electrons. The average Bonchev–Trinajstić information content (AvgIpc) is 3.21. The van der Waals surface area contributed by atoms with Crippen LogP contribution in [0.1, 0.15) is 18.5 Å². The molecule has 2 heterocycles. The van der Waals surface area contributed by atoms with E-state index < -0.39 is 44.8 Å². The predicted molar refractivity (Wildman–Crippen MR) is 113 cm³/mol. The first-order valence-electron chi connectivity index (χ1n) is 9.47. The molecule has 2 aliphatic heterocycles. The van der Waals surface area contributed by atoms with Crippen LogP contribution in [0.5, 0.6) is 0 Å². The maximum atomic E-state index is 13.5. The first kappa shape index (κ1) is 21.4. The average molecular weight is 461 g/mol. The maximum absolute atomic E-state index is 13.5. The Balaban J connectivity index is 1.87. The summed E-state index contributed by atoms with van der Waals surface area (Å²) in [5.74, 6) is -1.78. The van der Waals surface area contributed by atoms with Gasteiger partial charge >= 0.3 is 5.97 Å². The van der Waals surface area contributed by atoms with E-state index in [0.717, 1.165) is 16.1 Å². The summed E-state index contributed by atoms with van der Waals surface area (Å²) >= 11 is 1.09. The normalized spacial score (nSPS) is 25.4. The number of ether oxygens (including phenoxy) is 1. The number of benzene rings is 2. The molecule has 3 atom stereocenters. The molecule has 0 bridgehead atoms. The Bertz CT molecular complexity index is 1140. The Labute approximate surface area is 184 Å². The van der Waals surface area contributed by atoms with Gasteiger partial charge in [0, 0.05) is 12.7 Å². The monoisotopic (exact) mass is 460 g/mol. The topological polar surface area (TPSA) is 101 Å². The van der Waals surface area contributed by atoms with E-state index in [9.17, 15) is 22.8 Å². The lowest BCUT2D eigenvalue weighted by atomic mass is 9.88. The van der Waals surface area contributed by atoms with E-state index in [1.165, 1.54) is 31.1 Å². The fraction of sp³-hybridized carbons (Fsp3) is 0.286. The van der Waals surface area contributed by atoms with E-state index in [0.29, 0.717) is 5.56 Å². The summed E-state index contributed by atoms with van der Waals surface area (Å²) in [6.45, 7) is 1.26. The lowest BCUT2D eigenvalue weighted by Gasteiger charge is -2.55. The highest BCUT2D eigenvalue weighted by Crippen LogP contribution is 2.59. The third kappa shape index (κ3) is 3.04. The van der Waals surface area contributed by atoms with Gasteiger partial charge in [-0.3, -0.25) is 9.59 Å². The van der Waals surface area contributed by atoms with Crippen LogP contribution in [0.4, 0.5) is 0 Å². The largest absolute Gasteiger partial charge is 0.467 e. The molecule has 0 aromatic heterocycles. The summed E-state index contributed by atoms with van der Waals surface area (Å²) in [5, 5.41) is 0. The Morgan fingerprint density at radius 3 is 2.19 bits per heavy atom. The fourth-order valence-corrected chi connectivity index (χ4v) is 7.63. The van der Waals surface area contributed by atoms with Crippen molar-refractivity contribution < 1.29 is 27.5 Å². The molecule has 0 unspecified atom stereocenters. The zero-order valence-electron chi connectivity index (χ0n) is 16.8. The zero-order valence-corrected chi connectivity index (χ0v) is 18.4. The standard InChI is InChI=1S/C21H20N2O6S2/c1-14(24)22-17(19(25)29-2)13-30-21(22)18(15-9-5-3-6-10-15)23(20(21)26)31(27,28)16-11-7-4-8-12-16/h3-12,17-18H,13H2,1-2H3/t17-,18-,21+/m0/s1. The summed E-state index contributed by atoms with van der Waals surface area (Å²) in [5.41, 5.74) is 0.547. The van der Waals surface area contributed by atoms with Crippen LogP contribution < -0.4 is 0 Å². The lowest BCUT2D eigenvalue weighted by molar-refractivity contribution is -0.167. The molecular weight excluding hydrogens is 440 g/mol. The van der Waals surface area contributed by atoms with E-state index >= 15 is 0 Å². The Morgan fingerprint density at radius 1 is 1.06 bits per heavy atom. The van der Waals surface area contributed by atoms with Gasteiger partial charge in [-0.1, -0.05) is 48.5 Å². The smallest absolute Gasteiger partial charge is 0.329 e. The summed E-state index contributed by atoms with van der Waals surface area (Å²) in [4.78, 5) is 38.1. The molecule has 2 amide bonds. The summed E-state index contributed by atoms with van der Waals surface area (Å²) < 4.78 is 32.4. The van der Waals surface area contributed by atoms with Gasteiger partial charge < -0.3 is 9.64 Å². The first-order chi connectivity index (χ1) is 14.8. The van der Waals surface area contributed by atoms with Gasteiger partial charge in [-0.05, 0) is 17.7 Å². The van der Waals surface area contributed by atoms with Crippen LogP contribution >= 0.6 is 11.8 Å². The van der Waals surface area contributed by atoms with Crippen LogP contribution in [0, 0.1) is 0 Å². The minimum Gasteiger partial charge on any atom is -0.467 e. The van der Waals surface area contributed by atoms with Gasteiger partial charge in [-0.15, -0.1) is 11.8 Å². The van der Waals surface area contributed by atoms with Crippen LogP contribution in [0.3, 0.4) is 0 Å². The van der Waals surface area contributed by atoms with Gasteiger partial charge in [0.1, 0.15) is 12.1 Å². The molecule has 0 aliphatic carbocycles. The number of esters is 1. The number of β-lactam (4-membered cyclic amide) rings is 1. The van der Waals surface area contributed by atoms with Crippen molar-refractivity contribution in [2.45, 2.75) is 28.8 Å². The second-order valence-corrected chi connectivity index (χ2v) is 10.2. The molecule has 8 nitrogen and oxygen atoms in total. The van der Waals surface area contributed by atoms with Crippen molar-refractivity contribution in [1.29, 1.82) is 0 Å². The van der Waals surface area contributed by atoms with Crippen LogP contribution in [0.25, 0.3) is 0 Å². The third-order valence-electron chi connectivity index (χ3n) is 5.47. The molecular formula is C21H20N2O6S2. The molecule has 2 fully saturated rings. The molecule has 0 N–H and O–H groups in total. The quantitative estimate of drug-likeness (QED) is 0.506. The fourth-order valence-electron chi connectivity index (χ4n) is 4.16. The Morgan fingerprint density at radius 2 is 1.65 bits per heavy atom. The van der Waals surface area contributed by atoms with E-state index in [2.05, 4.69) is 0 Å². The number of hydrogen-bond donors (Lipinski definition) is 0. The number of methoxy groups -OCH3 is 1. The molecule has 10 heteroatoms. The third-order valence-corrected chi connectivity index (χ3v) is 8.75. The Hall–Kier alpha value is -2.85. The SMILES string of the molecule is COC(=O)[C@@H]1CS[C@]2(C(=O)N(S(=O)(=O)c3ccccc3)[C@H]2c2ccccc2)N1C(C)=O. The zero-order chi connectivity index (χ0) is 22.4. The van der Waals surface area contributed by atoms with E-state index in [4.69, 9.17) is 4.74 Å². The highest BCUT2D eigenvalue weighted by Gasteiger charge is 2.73. The first-order valence-corrected chi connectivity index (χ1v) is 11.9. The summed E-state index contributed by atoms with van der Waals surface area (Å²) in [7, 11) is -2.98. The van der Waals surface area contributed by atoms with Crippen molar-refractivity contribution in [3.8, 4) is 0 Å². The van der Waals surface area contributed by atoms with E-state index in [1.54, 1.807) is 48.5 Å². The number of carbonyl (C=O) groups is 3. The minimum absolute atomic E-state index is 0.0268. The molecule has 1 spiro atoms. The Kier molecular flexibility index (Phi) is 5.30. The van der Waals surface area contributed by atoms with Crippen molar-refractivity contribution in [3.63, 3.8) is 0 Å². The molecule has 2 aliphatic rings. The van der Waals surface area contributed by atoms with Crippen LogP contribution in [-0.4, -0.2) is 59.2 Å². The van der Waals surface area contributed by atoms with Crippen LogP contribution in [-0.2, 0) is 29.1 Å². The number of amides is 2. The second kappa shape index (κ2) is 7.69. The highest BCUT2D eigenvalue weighted by atomic mass is 32.2. The van der Waals surface area contributed by atoms with Crippen molar-refractivity contribution in [1.82, 2.24) is 9.21 Å². The molecule has 2 saturated heterocycles. The van der Waals surface area contributed by atoms with Gasteiger partial charge in [0.25, 0.3) is 15.9 Å². The van der Waals surface area contributed by atoms with Crippen molar-refractivity contribution in [2.24, 2.45) is 0 Å². The summed E-state index contributed by atoms with van der Waals surface area (Å²) in [6, 6.07) is 14.3. The van der Waals surface area contributed by atoms with E-state index in [1.807, 2.05) is 0 Å². The van der Waals surface area contributed by atoms with Gasteiger partial charge in [-0.25, -0.2) is 17.5 Å². The van der Waals surface area contributed by atoms with Gasteiger partial charge in [0.2, 0.25) is 5.91 Å². The number of rotatable bonds is 4. The number of nitrogens with zero attached hydrogens (tertiary/aromatic N) is 2. The van der Waals surface area contributed by atoms with Gasteiger partial charge in [0.15, 0.2) is 4.87 Å². The maximum Gasteiger partial charge on any atom is 0.329 e. The number of thioether (sulfide) groups is 1. The van der Waals surface area contributed by atoms with Crippen molar-refractivity contribution >= 4 is 39.6 Å². The van der Waals surface area contributed by atoms with Gasteiger partial charge in [-0.2, -0.15) is 0 Å². The minimum atomic E-state index is -4.19. The molecule has 2 aromatic carbocycles. The van der Waals surface area contributed by atoms with E-state index in [-0.39, 0.29) is 10.6 Å². The molecule has 31 heavy (non-hydrogen) atoms. The number of carbonyl (C=O) groups excluding carboxylic acids is 3. The molecule has 4 rings (SSSR count). The van der Waals surface area contributed by atoms with Crippen LogP contribution in [0.2, 0.25) is 0 Å². The molecule has 0 radical (unpaired) electrons. The number of sulfonamides is 1. The van der Waals surface area contributed by atoms with Gasteiger partial charge in [0.05, 0.1) is 12.0 Å². The molecule has 2 aromatic rings. The van der Waals surface area contributed by atoms with Crippen molar-refractivity contribution in [2.75, 3.05) is 12.9 Å².